The van der Waals surface area contributed by atoms with Crippen LogP contribution >= 0.6 is 0 Å². The molecule has 1 amide bonds. The van der Waals surface area contributed by atoms with E-state index < -0.39 is 23.5 Å². The Hall–Kier alpha value is -2.80. The van der Waals surface area contributed by atoms with E-state index in [1.54, 1.807) is 0 Å². The molecule has 0 fully saturated rings. The lowest BCUT2D eigenvalue weighted by Crippen LogP contribution is -3.11. The predicted octanol–water partition coefficient (Wildman–Crippen LogP) is 2.30. The van der Waals surface area contributed by atoms with Gasteiger partial charge < -0.3 is 15.0 Å². The first-order valence-corrected chi connectivity index (χ1v) is 8.81. The van der Waals surface area contributed by atoms with Gasteiger partial charge in [0.2, 0.25) is 0 Å². The average Bonchev–Trinajstić information content (AvgIpc) is 2.65. The van der Waals surface area contributed by atoms with Crippen LogP contribution in [0.3, 0.4) is 0 Å². The minimum atomic E-state index is -0.942. The monoisotopic (exact) mass is 377 g/mol. The largest absolute Gasteiger partial charge is 0.456 e. The van der Waals surface area contributed by atoms with Gasteiger partial charge in [-0.3, -0.25) is 4.79 Å². The summed E-state index contributed by atoms with van der Waals surface area (Å²) in [6.45, 7) is 7.17. The summed E-state index contributed by atoms with van der Waals surface area (Å²) in [7, 11) is 0. The zero-order valence-corrected chi connectivity index (χ0v) is 15.4. The molecule has 0 atom stereocenters. The minimum absolute atomic E-state index is 0.265. The Kier molecular flexibility index (Phi) is 7.43. The minimum Gasteiger partial charge on any atom is -0.456 e. The summed E-state index contributed by atoms with van der Waals surface area (Å²) >= 11 is 0. The number of esters is 1. The molecular formula is C20H23F2N2O3+. The van der Waals surface area contributed by atoms with Crippen molar-refractivity contribution in [2.45, 2.75) is 13.8 Å². The first-order valence-electron chi connectivity index (χ1n) is 8.81. The first-order chi connectivity index (χ1) is 12.9. The van der Waals surface area contributed by atoms with Crippen LogP contribution in [0.2, 0.25) is 0 Å². The Morgan fingerprint density at radius 3 is 2.30 bits per heavy atom. The summed E-state index contributed by atoms with van der Waals surface area (Å²) < 4.78 is 31.8. The van der Waals surface area contributed by atoms with Gasteiger partial charge in [-0.1, -0.05) is 0 Å². The number of quaternary nitrogens is 1. The lowest BCUT2D eigenvalue weighted by Gasteiger charge is -2.15. The molecule has 0 aliphatic rings. The second kappa shape index (κ2) is 9.78. The van der Waals surface area contributed by atoms with Gasteiger partial charge in [-0.25, -0.2) is 13.6 Å². The summed E-state index contributed by atoms with van der Waals surface area (Å²) in [4.78, 5) is 25.4. The number of carbonyl (C=O) groups is 2. The molecule has 0 heterocycles. The fraction of sp³-hybridized carbons (Fsp3) is 0.300. The van der Waals surface area contributed by atoms with Gasteiger partial charge in [0.25, 0.3) is 5.91 Å². The number of benzene rings is 2. The Morgan fingerprint density at radius 2 is 1.70 bits per heavy atom. The van der Waals surface area contributed by atoms with E-state index in [-0.39, 0.29) is 5.56 Å². The molecule has 0 aromatic heterocycles. The van der Waals surface area contributed by atoms with Gasteiger partial charge in [0.05, 0.1) is 24.2 Å². The molecule has 0 aliphatic heterocycles. The van der Waals surface area contributed by atoms with Crippen LogP contribution in [0.15, 0.2) is 42.5 Å². The maximum Gasteiger partial charge on any atom is 0.338 e. The van der Waals surface area contributed by atoms with Crippen LogP contribution in [-0.4, -0.2) is 38.1 Å². The third-order valence-corrected chi connectivity index (χ3v) is 4.24. The van der Waals surface area contributed by atoms with Crippen molar-refractivity contribution in [3.63, 3.8) is 0 Å². The summed E-state index contributed by atoms with van der Waals surface area (Å²) in [6.07, 6.45) is 0. The van der Waals surface area contributed by atoms with Crippen molar-refractivity contribution in [1.82, 2.24) is 0 Å². The standard InChI is InChI=1S/C20H22F2N2O3/c1-3-24(4-2)11-12-27-20(26)14-5-8-16(9-6-14)23-19(25)17-10-7-15(21)13-18(17)22/h5-10,13H,3-4,11-12H2,1-2H3,(H,23,25)/p+1. The first kappa shape index (κ1) is 20.5. The van der Waals surface area contributed by atoms with Gasteiger partial charge in [-0.15, -0.1) is 0 Å². The van der Waals surface area contributed by atoms with E-state index in [0.29, 0.717) is 23.9 Å². The van der Waals surface area contributed by atoms with Crippen LogP contribution in [0.4, 0.5) is 14.5 Å². The lowest BCUT2D eigenvalue weighted by atomic mass is 10.1. The fourth-order valence-corrected chi connectivity index (χ4v) is 2.54. The second-order valence-electron chi connectivity index (χ2n) is 6.00. The number of nitrogens with one attached hydrogen (secondary N) is 2. The van der Waals surface area contributed by atoms with Crippen LogP contribution in [0.5, 0.6) is 0 Å². The molecule has 0 aliphatic carbocycles. The van der Waals surface area contributed by atoms with Crippen molar-refractivity contribution in [1.29, 1.82) is 0 Å². The van der Waals surface area contributed by atoms with Crippen molar-refractivity contribution in [3.8, 4) is 0 Å². The van der Waals surface area contributed by atoms with Crippen molar-refractivity contribution >= 4 is 17.6 Å². The molecule has 0 saturated carbocycles. The molecular weight excluding hydrogens is 354 g/mol. The normalized spacial score (nSPS) is 10.7. The zero-order valence-electron chi connectivity index (χ0n) is 15.4. The number of amides is 1. The predicted molar refractivity (Wildman–Crippen MR) is 97.9 cm³/mol. The Balaban J connectivity index is 1.92. The number of hydrogen-bond donors (Lipinski definition) is 2. The van der Waals surface area contributed by atoms with Gasteiger partial charge in [0, 0.05) is 11.8 Å². The van der Waals surface area contributed by atoms with Gasteiger partial charge in [-0.2, -0.15) is 0 Å². The number of halogens is 2. The van der Waals surface area contributed by atoms with E-state index >= 15 is 0 Å². The highest BCUT2D eigenvalue weighted by atomic mass is 19.1. The molecule has 0 unspecified atom stereocenters. The average molecular weight is 377 g/mol. The topological polar surface area (TPSA) is 59.8 Å². The van der Waals surface area contributed by atoms with E-state index in [4.69, 9.17) is 4.74 Å². The molecule has 144 valence electrons. The highest BCUT2D eigenvalue weighted by Gasteiger charge is 2.14. The van der Waals surface area contributed by atoms with Crippen molar-refractivity contribution in [2.75, 3.05) is 31.6 Å². The molecule has 27 heavy (non-hydrogen) atoms. The van der Waals surface area contributed by atoms with Crippen molar-refractivity contribution < 1.29 is 28.0 Å². The van der Waals surface area contributed by atoms with Crippen molar-refractivity contribution in [2.24, 2.45) is 0 Å². The summed E-state index contributed by atoms with van der Waals surface area (Å²) in [5.74, 6) is -2.84. The molecule has 2 rings (SSSR count). The zero-order chi connectivity index (χ0) is 19.8. The maximum atomic E-state index is 13.6. The SMILES string of the molecule is CC[NH+](CC)CCOC(=O)c1ccc(NC(=O)c2ccc(F)cc2F)cc1. The number of anilines is 1. The number of carbonyl (C=O) groups excluding carboxylic acids is 2. The molecule has 2 aromatic carbocycles. The maximum absolute atomic E-state index is 13.6. The lowest BCUT2D eigenvalue weighted by molar-refractivity contribution is -0.896. The highest BCUT2D eigenvalue weighted by Crippen LogP contribution is 2.15. The number of ether oxygens (including phenoxy) is 1. The summed E-state index contributed by atoms with van der Waals surface area (Å²) in [6, 6.07) is 8.80. The van der Waals surface area contributed by atoms with Crippen LogP contribution in [0, 0.1) is 11.6 Å². The second-order valence-corrected chi connectivity index (χ2v) is 6.00. The molecule has 7 heteroatoms. The molecule has 0 saturated heterocycles. The molecule has 2 aromatic rings. The third-order valence-electron chi connectivity index (χ3n) is 4.24. The Morgan fingerprint density at radius 1 is 1.04 bits per heavy atom. The van der Waals surface area contributed by atoms with Gasteiger partial charge in [0.1, 0.15) is 24.8 Å². The van der Waals surface area contributed by atoms with Crippen molar-refractivity contribution in [3.05, 3.63) is 65.2 Å². The molecule has 0 bridgehead atoms. The van der Waals surface area contributed by atoms with Gasteiger partial charge in [-0.05, 0) is 50.2 Å². The van der Waals surface area contributed by atoms with E-state index in [1.165, 1.54) is 29.2 Å². The van der Waals surface area contributed by atoms with E-state index in [2.05, 4.69) is 19.2 Å². The fourth-order valence-electron chi connectivity index (χ4n) is 2.54. The summed E-state index contributed by atoms with van der Waals surface area (Å²) in [5, 5.41) is 2.50. The molecule has 0 spiro atoms. The molecule has 5 nitrogen and oxygen atoms in total. The smallest absolute Gasteiger partial charge is 0.338 e. The van der Waals surface area contributed by atoms with Crippen LogP contribution in [-0.2, 0) is 4.74 Å². The van der Waals surface area contributed by atoms with E-state index in [9.17, 15) is 18.4 Å². The van der Waals surface area contributed by atoms with Gasteiger partial charge >= 0.3 is 5.97 Å². The highest BCUT2D eigenvalue weighted by molar-refractivity contribution is 6.04. The van der Waals surface area contributed by atoms with Gasteiger partial charge in [0.15, 0.2) is 0 Å². The van der Waals surface area contributed by atoms with E-state index in [0.717, 1.165) is 31.8 Å². The molecule has 2 N–H and O–H groups in total. The Bertz CT molecular complexity index is 790. The van der Waals surface area contributed by atoms with Crippen LogP contribution in [0.1, 0.15) is 34.6 Å². The molecule has 0 radical (unpaired) electrons. The van der Waals surface area contributed by atoms with Crippen LogP contribution < -0.4 is 10.2 Å². The Labute approximate surface area is 156 Å². The number of likely N-dealkylation sites (N-methyl/N-ethyl adjacent to an activating group) is 1. The number of hydrogen-bond acceptors (Lipinski definition) is 3. The van der Waals surface area contributed by atoms with Crippen LogP contribution in [0.25, 0.3) is 0 Å². The summed E-state index contributed by atoms with van der Waals surface area (Å²) in [5.41, 5.74) is 0.474. The third kappa shape index (κ3) is 5.86. The quantitative estimate of drug-likeness (QED) is 0.694. The van der Waals surface area contributed by atoms with E-state index in [1.807, 2.05) is 0 Å². The number of rotatable bonds is 8.